The first-order chi connectivity index (χ1) is 13.0. The highest BCUT2D eigenvalue weighted by Gasteiger charge is 2.29. The zero-order valence-corrected chi connectivity index (χ0v) is 15.8. The van der Waals surface area contributed by atoms with Crippen molar-refractivity contribution in [2.75, 3.05) is 24.5 Å². The van der Waals surface area contributed by atoms with Gasteiger partial charge < -0.3 is 10.6 Å². The molecule has 2 N–H and O–H groups in total. The Morgan fingerprint density at radius 3 is 2.63 bits per heavy atom. The molecule has 0 aromatic heterocycles. The van der Waals surface area contributed by atoms with Crippen molar-refractivity contribution in [3.05, 3.63) is 65.7 Å². The number of benzene rings is 2. The van der Waals surface area contributed by atoms with Crippen LogP contribution in [0, 0.1) is 6.92 Å². The molecule has 0 radical (unpaired) electrons. The van der Waals surface area contributed by atoms with E-state index in [0.717, 1.165) is 25.1 Å². The number of anilines is 1. The molecule has 0 spiro atoms. The summed E-state index contributed by atoms with van der Waals surface area (Å²) in [6, 6.07) is 18.3. The molecule has 5 nitrogen and oxygen atoms in total. The summed E-state index contributed by atoms with van der Waals surface area (Å²) in [5.41, 5.74) is 8.61. The van der Waals surface area contributed by atoms with Crippen LogP contribution in [-0.4, -0.2) is 36.3 Å². The Bertz CT molecular complexity index is 791. The van der Waals surface area contributed by atoms with Gasteiger partial charge in [0.2, 0.25) is 11.8 Å². The summed E-state index contributed by atoms with van der Waals surface area (Å²) in [7, 11) is 0. The SMILES string of the molecule is Cc1cccc(C2CCCN2CC(=O)N(CCC(N)=O)c2ccccc2)c1. The van der Waals surface area contributed by atoms with Gasteiger partial charge >= 0.3 is 0 Å². The van der Waals surface area contributed by atoms with Crippen molar-refractivity contribution in [2.24, 2.45) is 5.73 Å². The lowest BCUT2D eigenvalue weighted by molar-refractivity contribution is -0.120. The molecule has 1 fully saturated rings. The standard InChI is InChI=1S/C22H27N3O2/c1-17-7-5-8-18(15-17)20-11-6-13-24(20)16-22(27)25(14-12-21(23)26)19-9-3-2-4-10-19/h2-5,7-10,15,20H,6,11-14,16H2,1H3,(H2,23,26). The molecule has 1 heterocycles. The molecule has 1 aliphatic heterocycles. The Kier molecular flexibility index (Phi) is 6.24. The monoisotopic (exact) mass is 365 g/mol. The number of hydrogen-bond acceptors (Lipinski definition) is 3. The largest absolute Gasteiger partial charge is 0.370 e. The first-order valence-corrected chi connectivity index (χ1v) is 9.49. The van der Waals surface area contributed by atoms with Gasteiger partial charge in [-0.1, -0.05) is 48.0 Å². The van der Waals surface area contributed by atoms with Gasteiger partial charge in [-0.2, -0.15) is 0 Å². The summed E-state index contributed by atoms with van der Waals surface area (Å²) >= 11 is 0. The zero-order valence-electron chi connectivity index (χ0n) is 15.8. The van der Waals surface area contributed by atoms with Crippen LogP contribution >= 0.6 is 0 Å². The second-order valence-corrected chi connectivity index (χ2v) is 7.14. The molecule has 3 rings (SSSR count). The van der Waals surface area contributed by atoms with Gasteiger partial charge in [-0.3, -0.25) is 14.5 Å². The molecular formula is C22H27N3O2. The van der Waals surface area contributed by atoms with E-state index in [9.17, 15) is 9.59 Å². The number of carbonyl (C=O) groups is 2. The van der Waals surface area contributed by atoms with Crippen molar-refractivity contribution in [1.82, 2.24) is 4.90 Å². The topological polar surface area (TPSA) is 66.6 Å². The highest BCUT2D eigenvalue weighted by Crippen LogP contribution is 2.32. The van der Waals surface area contributed by atoms with Crippen LogP contribution in [0.2, 0.25) is 0 Å². The van der Waals surface area contributed by atoms with Crippen LogP contribution < -0.4 is 10.6 Å². The Morgan fingerprint density at radius 1 is 1.15 bits per heavy atom. The molecular weight excluding hydrogens is 338 g/mol. The molecule has 2 aromatic rings. The van der Waals surface area contributed by atoms with Gasteiger partial charge in [0.1, 0.15) is 0 Å². The van der Waals surface area contributed by atoms with Crippen molar-refractivity contribution in [1.29, 1.82) is 0 Å². The molecule has 0 saturated carbocycles. The van der Waals surface area contributed by atoms with Gasteiger partial charge in [-0.05, 0) is 44.0 Å². The van der Waals surface area contributed by atoms with Gasteiger partial charge in [0.05, 0.1) is 6.54 Å². The van der Waals surface area contributed by atoms with Crippen molar-refractivity contribution in [3.8, 4) is 0 Å². The smallest absolute Gasteiger partial charge is 0.241 e. The van der Waals surface area contributed by atoms with Crippen LogP contribution in [0.1, 0.15) is 36.4 Å². The van der Waals surface area contributed by atoms with E-state index < -0.39 is 5.91 Å². The van der Waals surface area contributed by atoms with Crippen LogP contribution in [0.4, 0.5) is 5.69 Å². The second kappa shape index (κ2) is 8.82. The number of rotatable bonds is 7. The molecule has 2 amide bonds. The number of aryl methyl sites for hydroxylation is 1. The van der Waals surface area contributed by atoms with E-state index in [4.69, 9.17) is 5.73 Å². The van der Waals surface area contributed by atoms with Crippen molar-refractivity contribution in [2.45, 2.75) is 32.2 Å². The first kappa shape index (κ1) is 19.1. The molecule has 0 bridgehead atoms. The average molecular weight is 365 g/mol. The average Bonchev–Trinajstić information content (AvgIpc) is 3.10. The minimum atomic E-state index is -0.400. The Labute approximate surface area is 160 Å². The highest BCUT2D eigenvalue weighted by molar-refractivity contribution is 5.95. The van der Waals surface area contributed by atoms with Crippen LogP contribution in [-0.2, 0) is 9.59 Å². The fraction of sp³-hybridized carbons (Fsp3) is 0.364. The van der Waals surface area contributed by atoms with E-state index in [1.165, 1.54) is 11.1 Å². The number of primary amides is 1. The van der Waals surface area contributed by atoms with Crippen molar-refractivity contribution in [3.63, 3.8) is 0 Å². The number of nitrogens with two attached hydrogens (primary N) is 1. The molecule has 2 aromatic carbocycles. The number of nitrogens with zero attached hydrogens (tertiary/aromatic N) is 2. The van der Waals surface area contributed by atoms with Crippen molar-refractivity contribution < 1.29 is 9.59 Å². The van der Waals surface area contributed by atoms with Crippen LogP contribution in [0.25, 0.3) is 0 Å². The van der Waals surface area contributed by atoms with E-state index >= 15 is 0 Å². The van der Waals surface area contributed by atoms with Crippen LogP contribution in [0.5, 0.6) is 0 Å². The van der Waals surface area contributed by atoms with Gasteiger partial charge in [0, 0.05) is 24.7 Å². The van der Waals surface area contributed by atoms with Crippen LogP contribution in [0.3, 0.4) is 0 Å². The van der Waals surface area contributed by atoms with Gasteiger partial charge in [-0.25, -0.2) is 0 Å². The maximum atomic E-state index is 13.1. The Balaban J connectivity index is 1.75. The Hall–Kier alpha value is -2.66. The fourth-order valence-electron chi connectivity index (χ4n) is 3.76. The predicted molar refractivity (Wildman–Crippen MR) is 107 cm³/mol. The zero-order chi connectivity index (χ0) is 19.2. The third kappa shape index (κ3) is 4.95. The second-order valence-electron chi connectivity index (χ2n) is 7.14. The number of amides is 2. The van der Waals surface area contributed by atoms with E-state index in [1.54, 1.807) is 4.90 Å². The minimum absolute atomic E-state index is 0.00185. The van der Waals surface area contributed by atoms with Gasteiger partial charge in [-0.15, -0.1) is 0 Å². The first-order valence-electron chi connectivity index (χ1n) is 9.49. The molecule has 1 unspecified atom stereocenters. The van der Waals surface area contributed by atoms with Crippen molar-refractivity contribution >= 4 is 17.5 Å². The third-order valence-corrected chi connectivity index (χ3v) is 5.08. The van der Waals surface area contributed by atoms with Gasteiger partial charge in [0.15, 0.2) is 0 Å². The maximum Gasteiger partial charge on any atom is 0.241 e. The summed E-state index contributed by atoms with van der Waals surface area (Å²) in [5, 5.41) is 0. The lowest BCUT2D eigenvalue weighted by Crippen LogP contribution is -2.41. The summed E-state index contributed by atoms with van der Waals surface area (Å²) in [4.78, 5) is 28.3. The summed E-state index contributed by atoms with van der Waals surface area (Å²) in [6.45, 7) is 3.64. The number of hydrogen-bond donors (Lipinski definition) is 1. The summed E-state index contributed by atoms with van der Waals surface area (Å²) in [6.07, 6.45) is 2.30. The molecule has 1 atom stereocenters. The van der Waals surface area contributed by atoms with Crippen LogP contribution in [0.15, 0.2) is 54.6 Å². The lowest BCUT2D eigenvalue weighted by atomic mass is 10.0. The number of carbonyl (C=O) groups excluding carboxylic acids is 2. The van der Waals surface area contributed by atoms with Gasteiger partial charge in [0.25, 0.3) is 0 Å². The third-order valence-electron chi connectivity index (χ3n) is 5.08. The Morgan fingerprint density at radius 2 is 1.93 bits per heavy atom. The number of para-hydroxylation sites is 1. The van der Waals surface area contributed by atoms with E-state index in [0.29, 0.717) is 13.1 Å². The van der Waals surface area contributed by atoms with E-state index in [-0.39, 0.29) is 18.4 Å². The lowest BCUT2D eigenvalue weighted by Gasteiger charge is -2.29. The summed E-state index contributed by atoms with van der Waals surface area (Å²) < 4.78 is 0. The highest BCUT2D eigenvalue weighted by atomic mass is 16.2. The molecule has 1 saturated heterocycles. The molecule has 27 heavy (non-hydrogen) atoms. The summed E-state index contributed by atoms with van der Waals surface area (Å²) in [5.74, 6) is -0.399. The quantitative estimate of drug-likeness (QED) is 0.820. The van der Waals surface area contributed by atoms with E-state index in [2.05, 4.69) is 36.1 Å². The predicted octanol–water partition coefficient (Wildman–Crippen LogP) is 3.04. The molecule has 1 aliphatic rings. The van der Waals surface area contributed by atoms with E-state index in [1.807, 2.05) is 30.3 Å². The maximum absolute atomic E-state index is 13.1. The molecule has 0 aliphatic carbocycles. The normalized spacial score (nSPS) is 17.0. The molecule has 142 valence electrons. The minimum Gasteiger partial charge on any atom is -0.370 e. The molecule has 5 heteroatoms. The number of likely N-dealkylation sites (tertiary alicyclic amines) is 1. The fourth-order valence-corrected chi connectivity index (χ4v) is 3.76.